The van der Waals surface area contributed by atoms with Crippen LogP contribution >= 0.6 is 0 Å². The molecule has 0 amide bonds. The van der Waals surface area contributed by atoms with E-state index in [1.54, 1.807) is 6.07 Å². The normalized spacial score (nSPS) is 19.7. The van der Waals surface area contributed by atoms with Gasteiger partial charge in [-0.15, -0.1) is 0 Å². The molecular weight excluding hydrogens is 266 g/mol. The third kappa shape index (κ3) is 2.14. The number of hydrogen-bond donors (Lipinski definition) is 0. The average molecular weight is 285 g/mol. The van der Waals surface area contributed by atoms with Gasteiger partial charge in [0.2, 0.25) is 0 Å². The summed E-state index contributed by atoms with van der Waals surface area (Å²) >= 11 is 0. The van der Waals surface area contributed by atoms with Crippen molar-refractivity contribution < 1.29 is 9.15 Å². The van der Waals surface area contributed by atoms with Crippen molar-refractivity contribution in [3.63, 3.8) is 0 Å². The Balaban J connectivity index is 1.81. The molecule has 2 aliphatic rings. The molecule has 0 radical (unpaired) electrons. The topological polar surface area (TPSA) is 42.7 Å². The van der Waals surface area contributed by atoms with Crippen LogP contribution < -0.4 is 10.4 Å². The van der Waals surface area contributed by atoms with Gasteiger partial charge >= 0.3 is 5.63 Å². The zero-order valence-corrected chi connectivity index (χ0v) is 12.2. The molecule has 4 rings (SSSR count). The van der Waals surface area contributed by atoms with Crippen molar-refractivity contribution in [2.75, 3.05) is 6.73 Å². The molecule has 1 fully saturated rings. The molecule has 0 spiro atoms. The van der Waals surface area contributed by atoms with Crippen LogP contribution in [0.3, 0.4) is 0 Å². The molecule has 2 heterocycles. The second-order valence-electron chi connectivity index (χ2n) is 6.13. The summed E-state index contributed by atoms with van der Waals surface area (Å²) in [7, 11) is 0. The van der Waals surface area contributed by atoms with E-state index in [9.17, 15) is 4.79 Å². The number of hydrogen-bond acceptors (Lipinski definition) is 4. The Bertz CT molecular complexity index is 744. The summed E-state index contributed by atoms with van der Waals surface area (Å²) in [5, 5.41) is 1.00. The minimum atomic E-state index is -0.286. The summed E-state index contributed by atoms with van der Waals surface area (Å²) in [5.41, 5.74) is 2.39. The van der Waals surface area contributed by atoms with Gasteiger partial charge in [0.25, 0.3) is 0 Å². The van der Waals surface area contributed by atoms with Gasteiger partial charge in [-0.3, -0.25) is 4.90 Å². The zero-order chi connectivity index (χ0) is 14.4. The summed E-state index contributed by atoms with van der Waals surface area (Å²) < 4.78 is 11.4. The van der Waals surface area contributed by atoms with Gasteiger partial charge in [-0.05, 0) is 37.5 Å². The van der Waals surface area contributed by atoms with Crippen molar-refractivity contribution in [3.8, 4) is 5.75 Å². The molecular formula is C17H19NO3. The molecule has 0 bridgehead atoms. The van der Waals surface area contributed by atoms with Crippen molar-refractivity contribution in [2.45, 2.75) is 45.2 Å². The molecule has 21 heavy (non-hydrogen) atoms. The van der Waals surface area contributed by atoms with Crippen LogP contribution in [-0.2, 0) is 6.54 Å². The van der Waals surface area contributed by atoms with E-state index < -0.39 is 0 Å². The highest BCUT2D eigenvalue weighted by Crippen LogP contribution is 2.35. The maximum absolute atomic E-state index is 11.7. The predicted molar refractivity (Wildman–Crippen MR) is 80.5 cm³/mol. The largest absolute Gasteiger partial charge is 0.478 e. The van der Waals surface area contributed by atoms with Gasteiger partial charge in [0.1, 0.15) is 18.1 Å². The van der Waals surface area contributed by atoms with E-state index in [-0.39, 0.29) is 5.63 Å². The first-order valence-electron chi connectivity index (χ1n) is 7.65. The van der Waals surface area contributed by atoms with Crippen molar-refractivity contribution >= 4 is 11.0 Å². The number of aryl methyl sites for hydroxylation is 1. The van der Waals surface area contributed by atoms with Crippen LogP contribution in [0.4, 0.5) is 0 Å². The first kappa shape index (κ1) is 12.9. The lowest BCUT2D eigenvalue weighted by molar-refractivity contribution is 0.0581. The predicted octanol–water partition coefficient (Wildman–Crippen LogP) is 3.20. The number of fused-ring (bicyclic) bond motifs is 3. The minimum Gasteiger partial charge on any atom is -0.478 e. The zero-order valence-electron chi connectivity index (χ0n) is 12.2. The molecule has 4 nitrogen and oxygen atoms in total. The van der Waals surface area contributed by atoms with Crippen LogP contribution in [0, 0.1) is 6.92 Å². The molecule has 0 atom stereocenters. The van der Waals surface area contributed by atoms with Gasteiger partial charge < -0.3 is 9.15 Å². The molecule has 1 aromatic carbocycles. The maximum atomic E-state index is 11.7. The summed E-state index contributed by atoms with van der Waals surface area (Å²) in [6.45, 7) is 3.40. The van der Waals surface area contributed by atoms with Gasteiger partial charge in [-0.1, -0.05) is 12.8 Å². The molecule has 110 valence electrons. The molecule has 1 aliphatic heterocycles. The van der Waals surface area contributed by atoms with Crippen molar-refractivity contribution in [3.05, 3.63) is 39.7 Å². The fraction of sp³-hybridized carbons (Fsp3) is 0.471. The lowest BCUT2D eigenvalue weighted by Gasteiger charge is -2.33. The Labute approximate surface area is 123 Å². The highest BCUT2D eigenvalue weighted by Gasteiger charge is 2.28. The van der Waals surface area contributed by atoms with Crippen LogP contribution in [0.25, 0.3) is 11.0 Å². The van der Waals surface area contributed by atoms with Crippen molar-refractivity contribution in [1.29, 1.82) is 0 Å². The second-order valence-corrected chi connectivity index (χ2v) is 6.13. The van der Waals surface area contributed by atoms with Gasteiger partial charge in [0, 0.05) is 24.0 Å². The highest BCUT2D eigenvalue weighted by atomic mass is 16.5. The fourth-order valence-electron chi connectivity index (χ4n) is 3.61. The lowest BCUT2D eigenvalue weighted by Crippen LogP contribution is -2.39. The van der Waals surface area contributed by atoms with E-state index in [0.29, 0.717) is 18.4 Å². The van der Waals surface area contributed by atoms with Crippen LogP contribution in [-0.4, -0.2) is 17.7 Å². The Hall–Kier alpha value is -1.81. The van der Waals surface area contributed by atoms with Gasteiger partial charge in [0.05, 0.1) is 5.56 Å². The summed E-state index contributed by atoms with van der Waals surface area (Å²) in [6.07, 6.45) is 5.09. The SMILES string of the molecule is Cc1cc(=O)oc2c3c(ccc12)OCN(C1CCCC1)C3. The molecule has 4 heteroatoms. The Morgan fingerprint density at radius 2 is 2.05 bits per heavy atom. The molecule has 1 aromatic heterocycles. The van der Waals surface area contributed by atoms with E-state index >= 15 is 0 Å². The summed E-state index contributed by atoms with van der Waals surface area (Å²) in [6, 6.07) is 6.13. The smallest absolute Gasteiger partial charge is 0.336 e. The number of rotatable bonds is 1. The second kappa shape index (κ2) is 4.88. The lowest BCUT2D eigenvalue weighted by atomic mass is 10.0. The van der Waals surface area contributed by atoms with E-state index in [0.717, 1.165) is 28.8 Å². The molecule has 0 unspecified atom stereocenters. The molecule has 2 aromatic rings. The van der Waals surface area contributed by atoms with Crippen molar-refractivity contribution in [1.82, 2.24) is 4.90 Å². The van der Waals surface area contributed by atoms with E-state index in [4.69, 9.17) is 9.15 Å². The number of ether oxygens (including phenoxy) is 1. The average Bonchev–Trinajstić information content (AvgIpc) is 3.00. The van der Waals surface area contributed by atoms with Crippen LogP contribution in [0.15, 0.2) is 27.4 Å². The fourth-order valence-corrected chi connectivity index (χ4v) is 3.61. The minimum absolute atomic E-state index is 0.286. The number of benzene rings is 1. The molecule has 0 N–H and O–H groups in total. The standard InChI is InChI=1S/C17H19NO3/c1-11-8-16(19)21-17-13(11)6-7-15-14(17)9-18(10-20-15)12-4-2-3-5-12/h6-8,12H,2-5,9-10H2,1H3. The van der Waals surface area contributed by atoms with Crippen LogP contribution in [0.1, 0.15) is 36.8 Å². The first-order valence-corrected chi connectivity index (χ1v) is 7.65. The van der Waals surface area contributed by atoms with Gasteiger partial charge in [-0.2, -0.15) is 0 Å². The summed E-state index contributed by atoms with van der Waals surface area (Å²) in [4.78, 5) is 14.1. The van der Waals surface area contributed by atoms with E-state index in [1.165, 1.54) is 25.7 Å². The quantitative estimate of drug-likeness (QED) is 0.755. The first-order chi connectivity index (χ1) is 10.2. The Kier molecular flexibility index (Phi) is 3.00. The molecule has 1 aliphatic carbocycles. The van der Waals surface area contributed by atoms with Gasteiger partial charge in [-0.25, -0.2) is 4.79 Å². The maximum Gasteiger partial charge on any atom is 0.336 e. The van der Waals surface area contributed by atoms with Gasteiger partial charge in [0.15, 0.2) is 0 Å². The highest BCUT2D eigenvalue weighted by molar-refractivity contribution is 5.85. The molecule has 0 saturated heterocycles. The van der Waals surface area contributed by atoms with Crippen LogP contribution in [0.2, 0.25) is 0 Å². The number of nitrogens with zero attached hydrogens (tertiary/aromatic N) is 1. The van der Waals surface area contributed by atoms with Crippen molar-refractivity contribution in [2.24, 2.45) is 0 Å². The summed E-state index contributed by atoms with van der Waals surface area (Å²) in [5.74, 6) is 0.852. The molecule has 1 saturated carbocycles. The Morgan fingerprint density at radius 1 is 1.24 bits per heavy atom. The van der Waals surface area contributed by atoms with Crippen LogP contribution in [0.5, 0.6) is 5.75 Å². The Morgan fingerprint density at radius 3 is 2.86 bits per heavy atom. The third-order valence-corrected chi connectivity index (χ3v) is 4.77. The monoisotopic (exact) mass is 285 g/mol. The van der Waals surface area contributed by atoms with E-state index in [1.807, 2.05) is 19.1 Å². The van der Waals surface area contributed by atoms with E-state index in [2.05, 4.69) is 4.90 Å². The third-order valence-electron chi connectivity index (χ3n) is 4.77.